The van der Waals surface area contributed by atoms with Crippen molar-refractivity contribution in [1.29, 1.82) is 0 Å². The number of halogens is 1. The van der Waals surface area contributed by atoms with E-state index in [-0.39, 0.29) is 138 Å². The molecule has 0 bridgehead atoms. The molecule has 1 aromatic heterocycles. The molecule has 0 saturated carbocycles. The molecule has 0 N–H and O–H groups in total. The summed E-state index contributed by atoms with van der Waals surface area (Å²) in [7, 11) is 0. The predicted molar refractivity (Wildman–Crippen MR) is 66.7 cm³/mol. The molecule has 1 heterocycles. The second-order valence-electron chi connectivity index (χ2n) is 2.61. The van der Waals surface area contributed by atoms with Gasteiger partial charge in [0.1, 0.15) is 5.75 Å². The summed E-state index contributed by atoms with van der Waals surface area (Å²) in [4.78, 5) is 12.4. The Morgan fingerprint density at radius 3 is 2.42 bits per heavy atom. The largest absolute Gasteiger partial charge is 1.00 e. The number of hydrogen-bond donors (Lipinski definition) is 0. The number of carbonyl (C=O) groups is 1. The molecular formula is C10H6Cs2INO4S. The second kappa shape index (κ2) is 14.4. The maximum atomic E-state index is 8.33. The second-order valence-corrected chi connectivity index (χ2v) is 4.71. The molecule has 2 rings (SSSR count). The van der Waals surface area contributed by atoms with Gasteiger partial charge in [-0.15, -0.1) is 0 Å². The molecular weight excluding hydrogens is 623 g/mol. The van der Waals surface area contributed by atoms with Crippen molar-refractivity contribution in [3.63, 3.8) is 0 Å². The van der Waals surface area contributed by atoms with Crippen molar-refractivity contribution in [2.45, 2.75) is 0 Å². The zero-order chi connectivity index (χ0) is 12.7. The Hall–Kier alpha value is 2.75. The van der Waals surface area contributed by atoms with Crippen molar-refractivity contribution in [3.8, 4) is 10.9 Å². The van der Waals surface area contributed by atoms with Gasteiger partial charge in [-0.05, 0) is 46.9 Å². The number of aromatic nitrogens is 1. The van der Waals surface area contributed by atoms with Crippen LogP contribution < -0.4 is 153 Å². The van der Waals surface area contributed by atoms with E-state index in [4.69, 9.17) is 19.7 Å². The van der Waals surface area contributed by atoms with Crippen molar-refractivity contribution >= 4 is 40.1 Å². The first-order chi connectivity index (χ1) is 8.08. The van der Waals surface area contributed by atoms with E-state index in [1.807, 2.05) is 29.6 Å². The minimum absolute atomic E-state index is 0. The van der Waals surface area contributed by atoms with Crippen LogP contribution in [0, 0.1) is 3.57 Å². The van der Waals surface area contributed by atoms with E-state index < -0.39 is 6.16 Å². The maximum Gasteiger partial charge on any atom is 1.00 e. The van der Waals surface area contributed by atoms with E-state index in [9.17, 15) is 0 Å². The third-order valence-electron chi connectivity index (χ3n) is 1.41. The van der Waals surface area contributed by atoms with Gasteiger partial charge >= 0.3 is 138 Å². The summed E-state index contributed by atoms with van der Waals surface area (Å²) in [5.74, 6) is 0.835. The van der Waals surface area contributed by atoms with Gasteiger partial charge in [0.05, 0.1) is 0 Å². The standard InChI is InChI=1S/C9H6INOS.CH2O3.2Cs/c10-7-2-1-3-8(6-7)12-9-11-4-5-13-9;2-1(3)4;;/h1-6H;(H2,2,3,4);;/q;;2*+1/p-2. The maximum absolute atomic E-state index is 8.33. The number of thiazole rings is 1. The van der Waals surface area contributed by atoms with E-state index in [2.05, 4.69) is 27.6 Å². The van der Waals surface area contributed by atoms with Crippen molar-refractivity contribution in [1.82, 2.24) is 4.98 Å². The van der Waals surface area contributed by atoms with Gasteiger partial charge in [0, 0.05) is 15.1 Å². The minimum atomic E-state index is -2.33. The summed E-state index contributed by atoms with van der Waals surface area (Å²) in [5, 5.41) is 19.2. The summed E-state index contributed by atoms with van der Waals surface area (Å²) in [6.07, 6.45) is -0.603. The number of carbonyl (C=O) groups excluding carboxylic acids is 1. The van der Waals surface area contributed by atoms with Crippen molar-refractivity contribution < 1.29 is 158 Å². The third-order valence-corrected chi connectivity index (χ3v) is 2.73. The van der Waals surface area contributed by atoms with Crippen LogP contribution in [0.2, 0.25) is 0 Å². The number of nitrogens with zero attached hydrogens (tertiary/aromatic N) is 1. The first kappa shape index (κ1) is 24.0. The van der Waals surface area contributed by atoms with E-state index in [0.717, 1.165) is 9.32 Å². The Morgan fingerprint density at radius 1 is 1.32 bits per heavy atom. The average molecular weight is 629 g/mol. The summed E-state index contributed by atoms with van der Waals surface area (Å²) >= 11 is 3.74. The van der Waals surface area contributed by atoms with Crippen LogP contribution in [0.3, 0.4) is 0 Å². The Balaban J connectivity index is 0. The minimum Gasteiger partial charge on any atom is -0.652 e. The molecule has 0 amide bonds. The third kappa shape index (κ3) is 12.9. The number of benzene rings is 1. The van der Waals surface area contributed by atoms with Crippen LogP contribution in [0.25, 0.3) is 0 Å². The quantitative estimate of drug-likeness (QED) is 0.312. The Labute approximate surface area is 245 Å². The summed E-state index contributed by atoms with van der Waals surface area (Å²) < 4.78 is 6.66. The first-order valence-electron chi connectivity index (χ1n) is 4.29. The molecule has 9 heteroatoms. The molecule has 90 valence electrons. The fourth-order valence-corrected chi connectivity index (χ4v) is 1.91. The molecule has 5 nitrogen and oxygen atoms in total. The average Bonchev–Trinajstić information content (AvgIpc) is 2.69. The van der Waals surface area contributed by atoms with Crippen molar-refractivity contribution in [3.05, 3.63) is 39.4 Å². The normalized spacial score (nSPS) is 8.05. The van der Waals surface area contributed by atoms with Gasteiger partial charge in [0.2, 0.25) is 0 Å². The van der Waals surface area contributed by atoms with E-state index in [0.29, 0.717) is 5.19 Å². The summed E-state index contributed by atoms with van der Waals surface area (Å²) in [5.41, 5.74) is 0. The molecule has 0 aliphatic carbocycles. The number of hydrogen-bond acceptors (Lipinski definition) is 6. The van der Waals surface area contributed by atoms with Crippen LogP contribution in [0.15, 0.2) is 35.8 Å². The molecule has 1 aromatic carbocycles. The van der Waals surface area contributed by atoms with Gasteiger partial charge in [0.15, 0.2) is 0 Å². The molecule has 0 aliphatic heterocycles. The Morgan fingerprint density at radius 2 is 1.95 bits per heavy atom. The fourth-order valence-electron chi connectivity index (χ4n) is 0.892. The van der Waals surface area contributed by atoms with Crippen LogP contribution in [0.4, 0.5) is 4.79 Å². The van der Waals surface area contributed by atoms with Crippen LogP contribution in [0.1, 0.15) is 0 Å². The monoisotopic (exact) mass is 629 g/mol. The molecule has 0 spiro atoms. The smallest absolute Gasteiger partial charge is 0.652 e. The molecule has 0 aliphatic rings. The molecule has 0 atom stereocenters. The molecule has 0 fully saturated rings. The SMILES string of the molecule is Ic1cccc(Oc2nccs2)c1.O=C([O-])[O-].[Cs+].[Cs+]. The van der Waals surface area contributed by atoms with Gasteiger partial charge in [0.25, 0.3) is 5.19 Å². The van der Waals surface area contributed by atoms with E-state index in [1.165, 1.54) is 11.3 Å². The molecule has 0 radical (unpaired) electrons. The Kier molecular flexibility index (Phi) is 18.1. The van der Waals surface area contributed by atoms with Crippen LogP contribution in [-0.4, -0.2) is 11.1 Å². The van der Waals surface area contributed by atoms with Crippen LogP contribution in [-0.2, 0) is 0 Å². The van der Waals surface area contributed by atoms with Gasteiger partial charge in [-0.1, -0.05) is 17.4 Å². The number of carboxylic acid groups (broad SMARTS) is 2. The molecule has 2 aromatic rings. The van der Waals surface area contributed by atoms with Gasteiger partial charge < -0.3 is 19.7 Å². The fraction of sp³-hybridized carbons (Fsp3) is 0. The van der Waals surface area contributed by atoms with E-state index in [1.54, 1.807) is 6.20 Å². The van der Waals surface area contributed by atoms with Gasteiger partial charge in [-0.2, -0.15) is 0 Å². The van der Waals surface area contributed by atoms with Gasteiger partial charge in [-0.3, -0.25) is 0 Å². The predicted octanol–water partition coefficient (Wildman–Crippen LogP) is -4.90. The van der Waals surface area contributed by atoms with Crippen LogP contribution >= 0.6 is 33.9 Å². The number of ether oxygens (including phenoxy) is 1. The van der Waals surface area contributed by atoms with Gasteiger partial charge in [-0.25, -0.2) is 4.98 Å². The van der Waals surface area contributed by atoms with Crippen molar-refractivity contribution in [2.24, 2.45) is 0 Å². The molecule has 0 unspecified atom stereocenters. The number of rotatable bonds is 2. The topological polar surface area (TPSA) is 85.3 Å². The first-order valence-corrected chi connectivity index (χ1v) is 6.24. The zero-order valence-electron chi connectivity index (χ0n) is 10.3. The molecule has 19 heavy (non-hydrogen) atoms. The Bertz CT molecular complexity index is 480. The van der Waals surface area contributed by atoms with Crippen molar-refractivity contribution in [2.75, 3.05) is 0 Å². The summed E-state index contributed by atoms with van der Waals surface area (Å²) in [6, 6.07) is 7.88. The summed E-state index contributed by atoms with van der Waals surface area (Å²) in [6.45, 7) is 0. The van der Waals surface area contributed by atoms with Crippen LogP contribution in [0.5, 0.6) is 10.9 Å². The van der Waals surface area contributed by atoms with E-state index >= 15 is 0 Å². The zero-order valence-corrected chi connectivity index (χ0v) is 25.9. The molecule has 0 saturated heterocycles.